The number of aromatic nitrogens is 1. The van der Waals surface area contributed by atoms with E-state index in [1.165, 1.54) is 0 Å². The first-order valence-electron chi connectivity index (χ1n) is 5.53. The summed E-state index contributed by atoms with van der Waals surface area (Å²) < 4.78 is 6.40. The van der Waals surface area contributed by atoms with Crippen molar-refractivity contribution in [2.45, 2.75) is 26.7 Å². The van der Waals surface area contributed by atoms with E-state index in [0.717, 1.165) is 26.9 Å². The lowest BCUT2D eigenvalue weighted by atomic mass is 9.98. The maximum atomic E-state index is 5.85. The minimum absolute atomic E-state index is 0.281. The van der Waals surface area contributed by atoms with E-state index in [2.05, 4.69) is 34.9 Å². The normalized spacial score (nSPS) is 11.1. The Bertz CT molecular complexity index is 546. The second-order valence-corrected chi connectivity index (χ2v) is 5.19. The van der Waals surface area contributed by atoms with E-state index < -0.39 is 0 Å². The van der Waals surface area contributed by atoms with Crippen LogP contribution in [-0.2, 0) is 0 Å². The fourth-order valence-corrected chi connectivity index (χ4v) is 2.33. The van der Waals surface area contributed by atoms with E-state index in [-0.39, 0.29) is 5.92 Å². The molecule has 0 aliphatic heterocycles. The first-order valence-corrected chi connectivity index (χ1v) is 6.32. The van der Waals surface area contributed by atoms with Gasteiger partial charge in [0.25, 0.3) is 0 Å². The van der Waals surface area contributed by atoms with Gasteiger partial charge in [0.1, 0.15) is 0 Å². The van der Waals surface area contributed by atoms with Crippen LogP contribution < -0.4 is 5.73 Å². The van der Waals surface area contributed by atoms with E-state index in [4.69, 9.17) is 10.3 Å². The van der Waals surface area contributed by atoms with Gasteiger partial charge in [0.2, 0.25) is 0 Å². The van der Waals surface area contributed by atoms with E-state index >= 15 is 0 Å². The average molecular weight is 295 g/mol. The fourth-order valence-electron chi connectivity index (χ4n) is 1.88. The van der Waals surface area contributed by atoms with Crippen LogP contribution in [0.25, 0.3) is 11.3 Å². The van der Waals surface area contributed by atoms with Crippen LogP contribution in [0.1, 0.15) is 30.9 Å². The Labute approximate surface area is 109 Å². The summed E-state index contributed by atoms with van der Waals surface area (Å²) in [5.74, 6) is 1.51. The first-order chi connectivity index (χ1) is 8.02. The van der Waals surface area contributed by atoms with E-state index in [1.54, 1.807) is 0 Å². The van der Waals surface area contributed by atoms with Gasteiger partial charge >= 0.3 is 0 Å². The lowest BCUT2D eigenvalue weighted by molar-refractivity contribution is 0.434. The topological polar surface area (TPSA) is 52.0 Å². The highest BCUT2D eigenvalue weighted by Gasteiger charge is 2.20. The van der Waals surface area contributed by atoms with Crippen molar-refractivity contribution in [2.24, 2.45) is 0 Å². The number of nitrogens with zero attached hydrogens (tertiary/aromatic N) is 1. The second-order valence-electron chi connectivity index (χ2n) is 4.40. The van der Waals surface area contributed by atoms with Crippen LogP contribution in [0, 0.1) is 6.92 Å². The summed E-state index contributed by atoms with van der Waals surface area (Å²) in [4.78, 5) is 0. The summed E-state index contributed by atoms with van der Waals surface area (Å²) >= 11 is 3.58. The fraction of sp³-hybridized carbons (Fsp3) is 0.308. The SMILES string of the molecule is Cc1cccc(-c2onc(N)c2C(C)C)c1Br. The molecule has 0 radical (unpaired) electrons. The summed E-state index contributed by atoms with van der Waals surface area (Å²) in [5.41, 5.74) is 8.97. The molecule has 0 aliphatic carbocycles. The van der Waals surface area contributed by atoms with E-state index in [1.807, 2.05) is 25.1 Å². The highest BCUT2D eigenvalue weighted by Crippen LogP contribution is 2.38. The second kappa shape index (κ2) is 4.53. The van der Waals surface area contributed by atoms with Crippen LogP contribution in [0.2, 0.25) is 0 Å². The number of nitrogens with two attached hydrogens (primary N) is 1. The zero-order chi connectivity index (χ0) is 12.6. The Morgan fingerprint density at radius 3 is 2.71 bits per heavy atom. The number of anilines is 1. The summed E-state index contributed by atoms with van der Waals surface area (Å²) in [6.45, 7) is 6.20. The minimum Gasteiger partial charge on any atom is -0.381 e. The number of hydrogen-bond donors (Lipinski definition) is 1. The third kappa shape index (κ3) is 2.09. The van der Waals surface area contributed by atoms with Gasteiger partial charge in [-0.25, -0.2) is 0 Å². The van der Waals surface area contributed by atoms with Crippen molar-refractivity contribution in [3.63, 3.8) is 0 Å². The van der Waals surface area contributed by atoms with Crippen molar-refractivity contribution in [1.29, 1.82) is 0 Å². The molecule has 0 unspecified atom stereocenters. The molecule has 0 fully saturated rings. The predicted octanol–water partition coefficient (Wildman–Crippen LogP) is 4.12. The van der Waals surface area contributed by atoms with Crippen molar-refractivity contribution < 1.29 is 4.52 Å². The molecule has 0 spiro atoms. The molecule has 1 aromatic carbocycles. The molecule has 2 N–H and O–H groups in total. The molecule has 0 saturated carbocycles. The molecule has 0 saturated heterocycles. The molecule has 4 heteroatoms. The summed E-state index contributed by atoms with van der Waals surface area (Å²) in [6.07, 6.45) is 0. The smallest absolute Gasteiger partial charge is 0.173 e. The van der Waals surface area contributed by atoms with Gasteiger partial charge in [-0.05, 0) is 40.4 Å². The third-order valence-electron chi connectivity index (χ3n) is 2.77. The molecule has 17 heavy (non-hydrogen) atoms. The molecule has 2 aromatic rings. The van der Waals surface area contributed by atoms with Crippen molar-refractivity contribution in [3.8, 4) is 11.3 Å². The van der Waals surface area contributed by atoms with Crippen molar-refractivity contribution in [2.75, 3.05) is 5.73 Å². The van der Waals surface area contributed by atoms with Gasteiger partial charge in [-0.3, -0.25) is 0 Å². The quantitative estimate of drug-likeness (QED) is 0.906. The predicted molar refractivity (Wildman–Crippen MR) is 72.9 cm³/mol. The summed E-state index contributed by atoms with van der Waals surface area (Å²) in [7, 11) is 0. The van der Waals surface area contributed by atoms with Gasteiger partial charge in [0.15, 0.2) is 11.6 Å². The van der Waals surface area contributed by atoms with Gasteiger partial charge in [-0.1, -0.05) is 31.1 Å². The molecular formula is C13H15BrN2O. The highest BCUT2D eigenvalue weighted by atomic mass is 79.9. The Balaban J connectivity index is 2.65. The van der Waals surface area contributed by atoms with Crippen molar-refractivity contribution in [3.05, 3.63) is 33.8 Å². The molecule has 1 aromatic heterocycles. The molecule has 90 valence electrons. The van der Waals surface area contributed by atoms with Crippen LogP contribution in [-0.4, -0.2) is 5.16 Å². The number of benzene rings is 1. The molecule has 0 bridgehead atoms. The molecule has 2 rings (SSSR count). The molecule has 0 aliphatic rings. The first kappa shape index (κ1) is 12.2. The summed E-state index contributed by atoms with van der Waals surface area (Å²) in [6, 6.07) is 6.05. The largest absolute Gasteiger partial charge is 0.381 e. The van der Waals surface area contributed by atoms with E-state index in [9.17, 15) is 0 Å². The Hall–Kier alpha value is -1.29. The van der Waals surface area contributed by atoms with Crippen LogP contribution in [0.4, 0.5) is 5.82 Å². The van der Waals surface area contributed by atoms with Gasteiger partial charge in [0.05, 0.1) is 0 Å². The van der Waals surface area contributed by atoms with Gasteiger partial charge in [0, 0.05) is 15.6 Å². The van der Waals surface area contributed by atoms with Crippen molar-refractivity contribution in [1.82, 2.24) is 5.16 Å². The molecule has 0 amide bonds. The van der Waals surface area contributed by atoms with Crippen LogP contribution >= 0.6 is 15.9 Å². The molecule has 1 heterocycles. The highest BCUT2D eigenvalue weighted by molar-refractivity contribution is 9.10. The van der Waals surface area contributed by atoms with Crippen molar-refractivity contribution >= 4 is 21.7 Å². The van der Waals surface area contributed by atoms with Crippen LogP contribution in [0.3, 0.4) is 0 Å². The molecule has 3 nitrogen and oxygen atoms in total. The van der Waals surface area contributed by atoms with Gasteiger partial charge in [-0.15, -0.1) is 0 Å². The number of hydrogen-bond acceptors (Lipinski definition) is 3. The number of rotatable bonds is 2. The monoisotopic (exact) mass is 294 g/mol. The average Bonchev–Trinajstić information content (AvgIpc) is 2.64. The zero-order valence-corrected chi connectivity index (χ0v) is 11.7. The van der Waals surface area contributed by atoms with Gasteiger partial charge < -0.3 is 10.3 Å². The van der Waals surface area contributed by atoms with Crippen LogP contribution in [0.15, 0.2) is 27.2 Å². The Morgan fingerprint density at radius 2 is 2.06 bits per heavy atom. The number of aryl methyl sites for hydroxylation is 1. The lowest BCUT2D eigenvalue weighted by Gasteiger charge is -2.08. The van der Waals surface area contributed by atoms with Gasteiger partial charge in [-0.2, -0.15) is 0 Å². The minimum atomic E-state index is 0.281. The Morgan fingerprint density at radius 1 is 1.35 bits per heavy atom. The third-order valence-corrected chi connectivity index (χ3v) is 3.82. The summed E-state index contributed by atoms with van der Waals surface area (Å²) in [5, 5.41) is 3.87. The maximum Gasteiger partial charge on any atom is 0.173 e. The zero-order valence-electron chi connectivity index (χ0n) is 10.1. The van der Waals surface area contributed by atoms with E-state index in [0.29, 0.717) is 5.82 Å². The van der Waals surface area contributed by atoms with Crippen LogP contribution in [0.5, 0.6) is 0 Å². The number of halogens is 1. The number of nitrogen functional groups attached to an aromatic ring is 1. The Kier molecular flexibility index (Phi) is 3.24. The maximum absolute atomic E-state index is 5.85. The molecule has 0 atom stereocenters. The molecular weight excluding hydrogens is 280 g/mol. The standard InChI is InChI=1S/C13H15BrN2O/c1-7(2)10-12(17-16-13(10)15)9-6-4-5-8(3)11(9)14/h4-7H,1-3H3,(H2,15,16). The lowest BCUT2D eigenvalue weighted by Crippen LogP contribution is -1.95.